The monoisotopic (exact) mass is 170 g/mol. The molecule has 0 amide bonds. The summed E-state index contributed by atoms with van der Waals surface area (Å²) in [5, 5.41) is 0. The minimum absolute atomic E-state index is 0.819. The lowest BCUT2D eigenvalue weighted by atomic mass is 10.1. The second kappa shape index (κ2) is 6.44. The molecule has 0 saturated carbocycles. The molecule has 0 aromatic heterocycles. The largest absolute Gasteiger partial charge is 0.329 e. The first-order valence-corrected chi connectivity index (χ1v) is 5.36. The van der Waals surface area contributed by atoms with E-state index in [4.69, 9.17) is 5.73 Å². The molecule has 0 atom stereocenters. The van der Waals surface area contributed by atoms with Crippen molar-refractivity contribution in [3.63, 3.8) is 0 Å². The van der Waals surface area contributed by atoms with Crippen molar-refractivity contribution >= 4 is 0 Å². The molecule has 1 aliphatic heterocycles. The molecule has 72 valence electrons. The Kier molecular flexibility index (Phi) is 5.37. The standard InChI is InChI=1S/C10H22N2/c11-7-10-12-8-5-3-1-2-4-6-9-12/h1-11H2. The Morgan fingerprint density at radius 2 is 1.33 bits per heavy atom. The summed E-state index contributed by atoms with van der Waals surface area (Å²) in [5.41, 5.74) is 5.55. The van der Waals surface area contributed by atoms with Crippen molar-refractivity contribution in [2.45, 2.75) is 38.5 Å². The van der Waals surface area contributed by atoms with Crippen LogP contribution in [0, 0.1) is 0 Å². The van der Waals surface area contributed by atoms with E-state index in [2.05, 4.69) is 4.90 Å². The van der Waals surface area contributed by atoms with E-state index in [-0.39, 0.29) is 0 Å². The quantitative estimate of drug-likeness (QED) is 0.682. The highest BCUT2D eigenvalue weighted by atomic mass is 15.1. The van der Waals surface area contributed by atoms with E-state index >= 15 is 0 Å². The van der Waals surface area contributed by atoms with Gasteiger partial charge in [0.15, 0.2) is 0 Å². The molecular weight excluding hydrogens is 148 g/mol. The van der Waals surface area contributed by atoms with Gasteiger partial charge in [-0.2, -0.15) is 0 Å². The van der Waals surface area contributed by atoms with Gasteiger partial charge in [0.25, 0.3) is 0 Å². The zero-order chi connectivity index (χ0) is 8.65. The highest BCUT2D eigenvalue weighted by Crippen LogP contribution is 2.10. The Balaban J connectivity index is 2.19. The number of nitrogens with zero attached hydrogens (tertiary/aromatic N) is 1. The van der Waals surface area contributed by atoms with Crippen molar-refractivity contribution in [3.05, 3.63) is 0 Å². The van der Waals surface area contributed by atoms with Gasteiger partial charge in [0.05, 0.1) is 0 Å². The van der Waals surface area contributed by atoms with Gasteiger partial charge in [0.2, 0.25) is 0 Å². The first-order valence-electron chi connectivity index (χ1n) is 5.36. The average molecular weight is 170 g/mol. The summed E-state index contributed by atoms with van der Waals surface area (Å²) < 4.78 is 0. The molecule has 0 radical (unpaired) electrons. The van der Waals surface area contributed by atoms with Crippen LogP contribution in [0.15, 0.2) is 0 Å². The zero-order valence-electron chi connectivity index (χ0n) is 8.10. The van der Waals surface area contributed by atoms with Gasteiger partial charge in [-0.1, -0.05) is 25.7 Å². The summed E-state index contributed by atoms with van der Waals surface area (Å²) in [5.74, 6) is 0. The fourth-order valence-electron chi connectivity index (χ4n) is 1.90. The predicted octanol–water partition coefficient (Wildman–Crippen LogP) is 1.60. The fourth-order valence-corrected chi connectivity index (χ4v) is 1.90. The van der Waals surface area contributed by atoms with E-state index in [1.165, 1.54) is 51.6 Å². The van der Waals surface area contributed by atoms with Gasteiger partial charge < -0.3 is 10.6 Å². The van der Waals surface area contributed by atoms with E-state index in [0.29, 0.717) is 0 Å². The Labute approximate surface area is 76.1 Å². The van der Waals surface area contributed by atoms with Crippen molar-refractivity contribution in [3.8, 4) is 0 Å². The van der Waals surface area contributed by atoms with Crippen LogP contribution < -0.4 is 5.73 Å². The molecule has 12 heavy (non-hydrogen) atoms. The molecule has 2 nitrogen and oxygen atoms in total. The topological polar surface area (TPSA) is 29.3 Å². The normalized spacial score (nSPS) is 22.8. The molecule has 1 saturated heterocycles. The van der Waals surface area contributed by atoms with Crippen LogP contribution in [0.25, 0.3) is 0 Å². The lowest BCUT2D eigenvalue weighted by Crippen LogP contribution is -2.31. The highest BCUT2D eigenvalue weighted by Gasteiger charge is 2.05. The minimum Gasteiger partial charge on any atom is -0.329 e. The predicted molar refractivity (Wildman–Crippen MR) is 53.2 cm³/mol. The first-order chi connectivity index (χ1) is 5.93. The molecule has 2 heteroatoms. The maximum absolute atomic E-state index is 5.55. The van der Waals surface area contributed by atoms with Crippen LogP contribution in [0.3, 0.4) is 0 Å². The Bertz CT molecular complexity index is 94.0. The summed E-state index contributed by atoms with van der Waals surface area (Å²) in [6.07, 6.45) is 8.47. The van der Waals surface area contributed by atoms with Gasteiger partial charge in [0, 0.05) is 13.1 Å². The Morgan fingerprint density at radius 3 is 1.83 bits per heavy atom. The number of nitrogens with two attached hydrogens (primary N) is 1. The van der Waals surface area contributed by atoms with E-state index < -0.39 is 0 Å². The van der Waals surface area contributed by atoms with Gasteiger partial charge in [0.1, 0.15) is 0 Å². The van der Waals surface area contributed by atoms with Crippen LogP contribution in [-0.2, 0) is 0 Å². The summed E-state index contributed by atoms with van der Waals surface area (Å²) in [4.78, 5) is 2.52. The van der Waals surface area contributed by atoms with Crippen molar-refractivity contribution < 1.29 is 0 Å². The molecule has 1 heterocycles. The van der Waals surface area contributed by atoms with Crippen LogP contribution in [0.4, 0.5) is 0 Å². The van der Waals surface area contributed by atoms with E-state index in [0.717, 1.165) is 13.1 Å². The van der Waals surface area contributed by atoms with E-state index in [9.17, 15) is 0 Å². The van der Waals surface area contributed by atoms with Crippen molar-refractivity contribution in [2.24, 2.45) is 5.73 Å². The fraction of sp³-hybridized carbons (Fsp3) is 1.00. The summed E-state index contributed by atoms with van der Waals surface area (Å²) in [6, 6.07) is 0. The van der Waals surface area contributed by atoms with Crippen molar-refractivity contribution in [2.75, 3.05) is 26.2 Å². The van der Waals surface area contributed by atoms with Gasteiger partial charge in [-0.15, -0.1) is 0 Å². The molecule has 1 rings (SSSR count). The van der Waals surface area contributed by atoms with Crippen LogP contribution in [0.5, 0.6) is 0 Å². The third kappa shape index (κ3) is 4.07. The summed E-state index contributed by atoms with van der Waals surface area (Å²) >= 11 is 0. The second-order valence-corrected chi connectivity index (χ2v) is 3.75. The van der Waals surface area contributed by atoms with E-state index in [1.807, 2.05) is 0 Å². The second-order valence-electron chi connectivity index (χ2n) is 3.75. The van der Waals surface area contributed by atoms with Crippen LogP contribution >= 0.6 is 0 Å². The zero-order valence-corrected chi connectivity index (χ0v) is 8.10. The Hall–Kier alpha value is -0.0800. The molecule has 2 N–H and O–H groups in total. The molecule has 0 aromatic carbocycles. The maximum atomic E-state index is 5.55. The molecular formula is C10H22N2. The van der Waals surface area contributed by atoms with Crippen molar-refractivity contribution in [1.82, 2.24) is 4.90 Å². The molecule has 0 spiro atoms. The minimum atomic E-state index is 0.819. The van der Waals surface area contributed by atoms with Gasteiger partial charge in [-0.3, -0.25) is 0 Å². The molecule has 1 fully saturated rings. The van der Waals surface area contributed by atoms with Crippen molar-refractivity contribution in [1.29, 1.82) is 0 Å². The SMILES string of the molecule is NCCN1CCCCCCCC1. The number of hydrogen-bond acceptors (Lipinski definition) is 2. The van der Waals surface area contributed by atoms with Gasteiger partial charge in [-0.05, 0) is 25.9 Å². The maximum Gasteiger partial charge on any atom is 0.0105 e. The van der Waals surface area contributed by atoms with Crippen LogP contribution in [0.1, 0.15) is 38.5 Å². The van der Waals surface area contributed by atoms with Crippen LogP contribution in [0.2, 0.25) is 0 Å². The highest BCUT2D eigenvalue weighted by molar-refractivity contribution is 4.61. The first kappa shape index (κ1) is 10.0. The molecule has 0 aliphatic carbocycles. The summed E-state index contributed by atoms with van der Waals surface area (Å²) in [7, 11) is 0. The van der Waals surface area contributed by atoms with Crippen LogP contribution in [-0.4, -0.2) is 31.1 Å². The van der Waals surface area contributed by atoms with Gasteiger partial charge >= 0.3 is 0 Å². The third-order valence-corrected chi connectivity index (χ3v) is 2.64. The lowest BCUT2D eigenvalue weighted by Gasteiger charge is -2.20. The molecule has 0 unspecified atom stereocenters. The van der Waals surface area contributed by atoms with Gasteiger partial charge in [-0.25, -0.2) is 0 Å². The number of rotatable bonds is 2. The molecule has 1 aliphatic rings. The molecule has 0 aromatic rings. The lowest BCUT2D eigenvalue weighted by molar-refractivity contribution is 0.276. The Morgan fingerprint density at radius 1 is 0.833 bits per heavy atom. The average Bonchev–Trinajstić information content (AvgIpc) is 2.19. The third-order valence-electron chi connectivity index (χ3n) is 2.64. The molecule has 0 bridgehead atoms. The number of hydrogen-bond donors (Lipinski definition) is 1. The smallest absolute Gasteiger partial charge is 0.0105 e. The summed E-state index contributed by atoms with van der Waals surface area (Å²) in [6.45, 7) is 4.47. The van der Waals surface area contributed by atoms with E-state index in [1.54, 1.807) is 0 Å².